The van der Waals surface area contributed by atoms with Crippen LogP contribution in [-0.2, 0) is 10.6 Å². The van der Waals surface area contributed by atoms with E-state index in [2.05, 4.69) is 4.74 Å². The maximum absolute atomic E-state index is 12.9. The van der Waals surface area contributed by atoms with E-state index in [9.17, 15) is 13.6 Å². The van der Waals surface area contributed by atoms with E-state index in [1.54, 1.807) is 6.07 Å². The van der Waals surface area contributed by atoms with Crippen LogP contribution in [0.25, 0.3) is 0 Å². The van der Waals surface area contributed by atoms with Crippen molar-refractivity contribution in [3.8, 4) is 6.07 Å². The third-order valence-electron chi connectivity index (χ3n) is 2.16. The van der Waals surface area contributed by atoms with Crippen molar-refractivity contribution in [3.05, 3.63) is 34.4 Å². The molecule has 1 aromatic carbocycles. The lowest BCUT2D eigenvalue weighted by atomic mass is 9.99. The molecule has 1 rings (SSSR count). The van der Waals surface area contributed by atoms with Gasteiger partial charge in [0.1, 0.15) is 0 Å². The van der Waals surface area contributed by atoms with Crippen molar-refractivity contribution in [2.75, 3.05) is 7.11 Å². The van der Waals surface area contributed by atoms with Crippen LogP contribution >= 0.6 is 11.6 Å². The standard InChI is InChI=1S/C11H8ClF2NO2/c1-17-11(16)8-3-6(5-15)2-7(4-12)9(8)10(13)14/h2-3,10H,4H2,1H3. The fourth-order valence-corrected chi connectivity index (χ4v) is 1.65. The molecule has 0 aliphatic rings. The minimum absolute atomic E-state index is 0.0566. The third kappa shape index (κ3) is 2.71. The van der Waals surface area contributed by atoms with Crippen LogP contribution in [0.5, 0.6) is 0 Å². The van der Waals surface area contributed by atoms with Gasteiger partial charge in [0.25, 0.3) is 6.43 Å². The highest BCUT2D eigenvalue weighted by molar-refractivity contribution is 6.17. The van der Waals surface area contributed by atoms with E-state index < -0.39 is 18.0 Å². The zero-order chi connectivity index (χ0) is 13.0. The zero-order valence-corrected chi connectivity index (χ0v) is 9.59. The third-order valence-corrected chi connectivity index (χ3v) is 2.45. The molecule has 0 aliphatic carbocycles. The number of nitriles is 1. The van der Waals surface area contributed by atoms with Gasteiger partial charge in [-0.2, -0.15) is 5.26 Å². The number of ether oxygens (including phenoxy) is 1. The Kier molecular flexibility index (Phi) is 4.41. The lowest BCUT2D eigenvalue weighted by molar-refractivity contribution is 0.0589. The van der Waals surface area contributed by atoms with Gasteiger partial charge in [-0.15, -0.1) is 11.6 Å². The van der Waals surface area contributed by atoms with Gasteiger partial charge in [-0.25, -0.2) is 13.6 Å². The number of halogens is 3. The minimum Gasteiger partial charge on any atom is -0.465 e. The van der Waals surface area contributed by atoms with E-state index in [1.165, 1.54) is 6.07 Å². The molecule has 17 heavy (non-hydrogen) atoms. The number of carbonyl (C=O) groups excluding carboxylic acids is 1. The molecule has 90 valence electrons. The Morgan fingerprint density at radius 2 is 2.24 bits per heavy atom. The van der Waals surface area contributed by atoms with Crippen molar-refractivity contribution in [1.29, 1.82) is 5.26 Å². The predicted octanol–water partition coefficient (Wildman–Crippen LogP) is 3.02. The summed E-state index contributed by atoms with van der Waals surface area (Å²) < 4.78 is 30.1. The first kappa shape index (κ1) is 13.4. The van der Waals surface area contributed by atoms with Crippen LogP contribution in [0.1, 0.15) is 33.5 Å². The second-order valence-corrected chi connectivity index (χ2v) is 3.40. The van der Waals surface area contributed by atoms with Crippen LogP contribution in [-0.4, -0.2) is 13.1 Å². The maximum Gasteiger partial charge on any atom is 0.338 e. The van der Waals surface area contributed by atoms with E-state index in [0.717, 1.165) is 13.2 Å². The molecule has 0 atom stereocenters. The topological polar surface area (TPSA) is 50.1 Å². The Bertz CT molecular complexity index is 483. The first-order chi connectivity index (χ1) is 8.04. The molecule has 0 saturated heterocycles. The van der Waals surface area contributed by atoms with Gasteiger partial charge in [0.15, 0.2) is 0 Å². The summed E-state index contributed by atoms with van der Waals surface area (Å²) in [4.78, 5) is 11.4. The molecule has 1 aromatic rings. The summed E-state index contributed by atoms with van der Waals surface area (Å²) in [7, 11) is 1.08. The number of rotatable bonds is 3. The molecule has 0 saturated carbocycles. The fraction of sp³-hybridized carbons (Fsp3) is 0.273. The molecule has 0 heterocycles. The highest BCUT2D eigenvalue weighted by Crippen LogP contribution is 2.29. The van der Waals surface area contributed by atoms with Gasteiger partial charge in [0, 0.05) is 11.4 Å². The monoisotopic (exact) mass is 259 g/mol. The molecule has 0 amide bonds. The maximum atomic E-state index is 12.9. The van der Waals surface area contributed by atoms with Gasteiger partial charge >= 0.3 is 5.97 Å². The van der Waals surface area contributed by atoms with Crippen LogP contribution < -0.4 is 0 Å². The highest BCUT2D eigenvalue weighted by atomic mass is 35.5. The Hall–Kier alpha value is -1.67. The second kappa shape index (κ2) is 5.60. The van der Waals surface area contributed by atoms with Crippen LogP contribution in [0.3, 0.4) is 0 Å². The quantitative estimate of drug-likeness (QED) is 0.619. The van der Waals surface area contributed by atoms with E-state index in [1.807, 2.05) is 0 Å². The number of hydrogen-bond donors (Lipinski definition) is 0. The summed E-state index contributed by atoms with van der Waals surface area (Å²) in [6, 6.07) is 4.09. The number of esters is 1. The lowest BCUT2D eigenvalue weighted by Crippen LogP contribution is -2.09. The Morgan fingerprint density at radius 3 is 2.65 bits per heavy atom. The first-order valence-electron chi connectivity index (χ1n) is 4.54. The van der Waals surface area contributed by atoms with E-state index in [-0.39, 0.29) is 22.6 Å². The number of hydrogen-bond acceptors (Lipinski definition) is 3. The summed E-state index contributed by atoms with van der Waals surface area (Å²) in [5.41, 5.74) is -0.658. The fourth-order valence-electron chi connectivity index (χ4n) is 1.42. The van der Waals surface area contributed by atoms with Gasteiger partial charge in [0.2, 0.25) is 0 Å². The van der Waals surface area contributed by atoms with E-state index in [0.29, 0.717) is 0 Å². The normalized spacial score (nSPS) is 10.1. The summed E-state index contributed by atoms with van der Waals surface area (Å²) >= 11 is 5.53. The molecule has 0 unspecified atom stereocenters. The summed E-state index contributed by atoms with van der Waals surface area (Å²) in [5, 5.41) is 8.73. The Labute approximate surface area is 102 Å². The highest BCUT2D eigenvalue weighted by Gasteiger charge is 2.23. The average molecular weight is 260 g/mol. The first-order valence-corrected chi connectivity index (χ1v) is 5.08. The van der Waals surface area contributed by atoms with Gasteiger partial charge in [-0.1, -0.05) is 0 Å². The van der Waals surface area contributed by atoms with Crippen molar-refractivity contribution in [3.63, 3.8) is 0 Å². The molecule has 0 radical (unpaired) electrons. The average Bonchev–Trinajstić information content (AvgIpc) is 2.35. The minimum atomic E-state index is -2.86. The molecule has 6 heteroatoms. The Balaban J connectivity index is 3.53. The number of carbonyl (C=O) groups is 1. The summed E-state index contributed by atoms with van der Waals surface area (Å²) in [6.07, 6.45) is -2.86. The van der Waals surface area contributed by atoms with Crippen molar-refractivity contribution >= 4 is 17.6 Å². The predicted molar refractivity (Wildman–Crippen MR) is 57.0 cm³/mol. The largest absolute Gasteiger partial charge is 0.465 e. The molecular weight excluding hydrogens is 252 g/mol. The number of methoxy groups -OCH3 is 1. The molecular formula is C11H8ClF2NO2. The van der Waals surface area contributed by atoms with Gasteiger partial charge in [-0.05, 0) is 17.7 Å². The molecule has 0 fully saturated rings. The van der Waals surface area contributed by atoms with Crippen molar-refractivity contribution in [1.82, 2.24) is 0 Å². The van der Waals surface area contributed by atoms with Gasteiger partial charge in [0.05, 0.1) is 24.3 Å². The number of benzene rings is 1. The van der Waals surface area contributed by atoms with Gasteiger partial charge in [-0.3, -0.25) is 0 Å². The molecule has 0 bridgehead atoms. The van der Waals surface area contributed by atoms with Crippen molar-refractivity contribution in [2.45, 2.75) is 12.3 Å². The second-order valence-electron chi connectivity index (χ2n) is 3.13. The van der Waals surface area contributed by atoms with Crippen LogP contribution in [0.15, 0.2) is 12.1 Å². The molecule has 0 N–H and O–H groups in total. The van der Waals surface area contributed by atoms with Crippen LogP contribution in [0.4, 0.5) is 8.78 Å². The number of nitrogens with zero attached hydrogens (tertiary/aromatic N) is 1. The molecule has 0 aliphatic heterocycles. The van der Waals surface area contributed by atoms with Gasteiger partial charge < -0.3 is 4.74 Å². The number of alkyl halides is 3. The SMILES string of the molecule is COC(=O)c1cc(C#N)cc(CCl)c1C(F)F. The smallest absolute Gasteiger partial charge is 0.338 e. The van der Waals surface area contributed by atoms with Crippen molar-refractivity contribution < 1.29 is 18.3 Å². The molecule has 0 spiro atoms. The molecule has 3 nitrogen and oxygen atoms in total. The Morgan fingerprint density at radius 1 is 1.59 bits per heavy atom. The summed E-state index contributed by atoms with van der Waals surface area (Å²) in [6.45, 7) is 0. The zero-order valence-electron chi connectivity index (χ0n) is 8.84. The summed E-state index contributed by atoms with van der Waals surface area (Å²) in [5.74, 6) is -1.12. The molecule has 0 aromatic heterocycles. The van der Waals surface area contributed by atoms with Crippen LogP contribution in [0.2, 0.25) is 0 Å². The lowest BCUT2D eigenvalue weighted by Gasteiger charge is -2.11. The van der Waals surface area contributed by atoms with Crippen molar-refractivity contribution in [2.24, 2.45) is 0 Å². The van der Waals surface area contributed by atoms with E-state index in [4.69, 9.17) is 16.9 Å². The van der Waals surface area contributed by atoms with Crippen LogP contribution in [0, 0.1) is 11.3 Å². The van der Waals surface area contributed by atoms with E-state index >= 15 is 0 Å².